The second-order valence-corrected chi connectivity index (χ2v) is 8.11. The molecular weight excluding hydrogens is 396 g/mol. The Morgan fingerprint density at radius 2 is 1.11 bits per heavy atom. The highest BCUT2D eigenvalue weighted by Crippen LogP contribution is 2.17. The SMILES string of the molecule is CC(C[S+]([O-])CC(C)C(=O)ON1C(=O)CCC1=O)C(=O)ON1C(=O)CCC1=O. The summed E-state index contributed by atoms with van der Waals surface area (Å²) in [6, 6.07) is 0. The van der Waals surface area contributed by atoms with E-state index in [0.29, 0.717) is 10.1 Å². The summed E-state index contributed by atoms with van der Waals surface area (Å²) in [7, 11) is 0. The minimum absolute atomic E-state index is 0.0337. The van der Waals surface area contributed by atoms with Gasteiger partial charge in [-0.1, -0.05) is 11.2 Å². The number of imide groups is 2. The standard InChI is InChI=1S/C16H20N2O9S/c1-9(15(23)26-17-11(19)3-4-12(17)20)7-28(25)8-10(2)16(24)27-18-13(21)5-6-14(18)22/h9-10H,3-8H2,1-2H3. The Hall–Kier alpha value is -2.47. The molecule has 0 aromatic heterocycles. The number of hydrogen-bond acceptors (Lipinski definition) is 9. The van der Waals surface area contributed by atoms with E-state index < -0.39 is 58.6 Å². The molecule has 2 rings (SSSR count). The molecule has 2 aliphatic rings. The number of nitrogens with zero attached hydrogens (tertiary/aromatic N) is 2. The van der Waals surface area contributed by atoms with E-state index in [1.807, 2.05) is 0 Å². The number of carbonyl (C=O) groups is 6. The molecule has 0 radical (unpaired) electrons. The molecule has 11 nitrogen and oxygen atoms in total. The van der Waals surface area contributed by atoms with Crippen LogP contribution in [0.2, 0.25) is 0 Å². The Morgan fingerprint density at radius 3 is 1.39 bits per heavy atom. The molecule has 2 saturated heterocycles. The molecule has 2 aliphatic heterocycles. The van der Waals surface area contributed by atoms with Gasteiger partial charge in [-0.2, -0.15) is 0 Å². The van der Waals surface area contributed by atoms with Gasteiger partial charge in [-0.25, -0.2) is 9.59 Å². The number of rotatable bonds is 8. The second kappa shape index (κ2) is 9.15. The molecular formula is C16H20N2O9S. The Labute approximate surface area is 163 Å². The predicted molar refractivity (Wildman–Crippen MR) is 90.6 cm³/mol. The summed E-state index contributed by atoms with van der Waals surface area (Å²) >= 11 is -1.64. The van der Waals surface area contributed by atoms with Gasteiger partial charge in [0.1, 0.15) is 23.3 Å². The van der Waals surface area contributed by atoms with Gasteiger partial charge in [-0.05, 0) is 13.8 Å². The lowest BCUT2D eigenvalue weighted by Crippen LogP contribution is -2.37. The Kier molecular flexibility index (Phi) is 7.13. The zero-order valence-electron chi connectivity index (χ0n) is 15.4. The zero-order valence-corrected chi connectivity index (χ0v) is 16.2. The lowest BCUT2D eigenvalue weighted by atomic mass is 10.2. The minimum Gasteiger partial charge on any atom is -0.616 e. The fourth-order valence-corrected chi connectivity index (χ4v) is 3.96. The molecule has 0 aromatic rings. The summed E-state index contributed by atoms with van der Waals surface area (Å²) in [4.78, 5) is 79.2. The van der Waals surface area contributed by atoms with Crippen molar-refractivity contribution in [2.24, 2.45) is 11.8 Å². The maximum atomic E-state index is 12.2. The van der Waals surface area contributed by atoms with E-state index in [1.54, 1.807) is 0 Å². The van der Waals surface area contributed by atoms with E-state index in [2.05, 4.69) is 0 Å². The van der Waals surface area contributed by atoms with Crippen molar-refractivity contribution in [2.75, 3.05) is 11.5 Å². The molecule has 0 saturated carbocycles. The number of carbonyl (C=O) groups excluding carboxylic acids is 6. The van der Waals surface area contributed by atoms with E-state index in [9.17, 15) is 33.3 Å². The lowest BCUT2D eigenvalue weighted by molar-refractivity contribution is -0.199. The first kappa shape index (κ1) is 21.8. The van der Waals surface area contributed by atoms with Crippen molar-refractivity contribution in [1.82, 2.24) is 10.1 Å². The maximum absolute atomic E-state index is 12.2. The highest BCUT2D eigenvalue weighted by molar-refractivity contribution is 7.91. The van der Waals surface area contributed by atoms with Gasteiger partial charge in [0.25, 0.3) is 23.6 Å². The molecule has 0 aliphatic carbocycles. The molecule has 2 unspecified atom stereocenters. The van der Waals surface area contributed by atoms with Crippen LogP contribution in [-0.2, 0) is 49.6 Å². The van der Waals surface area contributed by atoms with Crippen molar-refractivity contribution >= 4 is 46.7 Å². The van der Waals surface area contributed by atoms with E-state index in [1.165, 1.54) is 13.8 Å². The molecule has 12 heteroatoms. The summed E-state index contributed by atoms with van der Waals surface area (Å²) in [6.45, 7) is 2.83. The monoisotopic (exact) mass is 416 g/mol. The number of hydrogen-bond donors (Lipinski definition) is 0. The number of amides is 4. The topological polar surface area (TPSA) is 150 Å². The Bertz CT molecular complexity index is 620. The average molecular weight is 416 g/mol. The summed E-state index contributed by atoms with van der Waals surface area (Å²) in [5.74, 6) is -6.38. The molecule has 2 atom stereocenters. The van der Waals surface area contributed by atoms with E-state index in [0.717, 1.165) is 0 Å². The highest BCUT2D eigenvalue weighted by atomic mass is 32.2. The van der Waals surface area contributed by atoms with Crippen LogP contribution in [0.5, 0.6) is 0 Å². The van der Waals surface area contributed by atoms with E-state index in [-0.39, 0.29) is 37.2 Å². The van der Waals surface area contributed by atoms with Crippen LogP contribution >= 0.6 is 0 Å². The summed E-state index contributed by atoms with van der Waals surface area (Å²) in [5.41, 5.74) is 0. The Morgan fingerprint density at radius 1 is 0.821 bits per heavy atom. The van der Waals surface area contributed by atoms with Gasteiger partial charge in [0.15, 0.2) is 0 Å². The third-order valence-corrected chi connectivity index (χ3v) is 5.79. The average Bonchev–Trinajstić information content (AvgIpc) is 3.11. The van der Waals surface area contributed by atoms with E-state index >= 15 is 0 Å². The van der Waals surface area contributed by atoms with Crippen LogP contribution in [0.25, 0.3) is 0 Å². The van der Waals surface area contributed by atoms with Gasteiger partial charge < -0.3 is 14.2 Å². The summed E-state index contributed by atoms with van der Waals surface area (Å²) in [6.07, 6.45) is -0.135. The predicted octanol–water partition coefficient (Wildman–Crippen LogP) is -0.778. The lowest BCUT2D eigenvalue weighted by Gasteiger charge is -2.20. The molecule has 0 spiro atoms. The smallest absolute Gasteiger partial charge is 0.340 e. The van der Waals surface area contributed by atoms with Gasteiger partial charge in [0, 0.05) is 25.7 Å². The quantitative estimate of drug-likeness (QED) is 0.367. The normalized spacial score (nSPS) is 20.4. The first-order valence-corrected chi connectivity index (χ1v) is 10.1. The fraction of sp³-hybridized carbons (Fsp3) is 0.625. The molecule has 2 fully saturated rings. The number of hydroxylamine groups is 4. The van der Waals surface area contributed by atoms with Crippen molar-refractivity contribution in [3.05, 3.63) is 0 Å². The molecule has 28 heavy (non-hydrogen) atoms. The van der Waals surface area contributed by atoms with Crippen molar-refractivity contribution in [1.29, 1.82) is 0 Å². The van der Waals surface area contributed by atoms with Gasteiger partial charge in [0.05, 0.1) is 0 Å². The summed E-state index contributed by atoms with van der Waals surface area (Å²) < 4.78 is 12.2. The van der Waals surface area contributed by atoms with E-state index in [4.69, 9.17) is 9.68 Å². The first-order valence-electron chi connectivity index (χ1n) is 8.60. The fourth-order valence-electron chi connectivity index (χ4n) is 2.44. The Balaban J connectivity index is 1.79. The van der Waals surface area contributed by atoms with Crippen molar-refractivity contribution < 1.29 is 43.0 Å². The highest BCUT2D eigenvalue weighted by Gasteiger charge is 2.37. The molecule has 4 amide bonds. The van der Waals surface area contributed by atoms with Gasteiger partial charge >= 0.3 is 11.9 Å². The molecule has 0 bridgehead atoms. The zero-order chi connectivity index (χ0) is 21.0. The van der Waals surface area contributed by atoms with Crippen LogP contribution in [0.1, 0.15) is 39.5 Å². The van der Waals surface area contributed by atoms with Crippen molar-refractivity contribution in [3.8, 4) is 0 Å². The third-order valence-electron chi connectivity index (χ3n) is 4.05. The van der Waals surface area contributed by atoms with Crippen LogP contribution in [0.4, 0.5) is 0 Å². The van der Waals surface area contributed by atoms with Gasteiger partial charge in [-0.15, -0.1) is 10.1 Å². The van der Waals surface area contributed by atoms with Crippen LogP contribution in [-0.4, -0.2) is 61.8 Å². The second-order valence-electron chi connectivity index (χ2n) is 6.56. The molecule has 0 N–H and O–H groups in total. The largest absolute Gasteiger partial charge is 0.616 e. The third kappa shape index (κ3) is 5.29. The van der Waals surface area contributed by atoms with Crippen LogP contribution < -0.4 is 0 Å². The molecule has 0 aromatic carbocycles. The summed E-state index contributed by atoms with van der Waals surface area (Å²) in [5, 5.41) is 0.817. The van der Waals surface area contributed by atoms with Crippen molar-refractivity contribution in [3.63, 3.8) is 0 Å². The van der Waals surface area contributed by atoms with Gasteiger partial charge in [-0.3, -0.25) is 19.2 Å². The van der Waals surface area contributed by atoms with Crippen LogP contribution in [0.15, 0.2) is 0 Å². The minimum atomic E-state index is -1.64. The van der Waals surface area contributed by atoms with Crippen LogP contribution in [0.3, 0.4) is 0 Å². The van der Waals surface area contributed by atoms with Gasteiger partial charge in [0.2, 0.25) is 0 Å². The first-order chi connectivity index (χ1) is 13.1. The molecule has 154 valence electrons. The maximum Gasteiger partial charge on any atom is 0.340 e. The van der Waals surface area contributed by atoms with Crippen molar-refractivity contribution in [2.45, 2.75) is 39.5 Å². The molecule has 2 heterocycles. The van der Waals surface area contributed by atoms with Crippen LogP contribution in [0, 0.1) is 11.8 Å².